The van der Waals surface area contributed by atoms with Gasteiger partial charge in [0.2, 0.25) is 23.6 Å². The minimum atomic E-state index is -0.724. The van der Waals surface area contributed by atoms with E-state index in [0.29, 0.717) is 25.3 Å². The van der Waals surface area contributed by atoms with Crippen molar-refractivity contribution in [3.63, 3.8) is 0 Å². The lowest BCUT2D eigenvalue weighted by Gasteiger charge is -2.38. The molecule has 2 heterocycles. The molecule has 1 aromatic rings. The molecule has 42 heavy (non-hydrogen) atoms. The Kier molecular flexibility index (Phi) is 12.9. The Morgan fingerprint density at radius 2 is 1.83 bits per heavy atom. The molecule has 1 aromatic carbocycles. The fourth-order valence-corrected chi connectivity index (χ4v) is 5.79. The van der Waals surface area contributed by atoms with E-state index in [0.717, 1.165) is 48.7 Å². The molecule has 2 aliphatic rings. The number of ether oxygens (including phenoxy) is 1. The first-order chi connectivity index (χ1) is 20.1. The zero-order valence-electron chi connectivity index (χ0n) is 25.1. The number of amides is 4. The van der Waals surface area contributed by atoms with Crippen molar-refractivity contribution in [1.29, 1.82) is 0 Å². The van der Waals surface area contributed by atoms with Gasteiger partial charge in [-0.05, 0) is 62.6 Å². The molecule has 0 radical (unpaired) electrons. The van der Waals surface area contributed by atoms with Gasteiger partial charge in [-0.25, -0.2) is 0 Å². The summed E-state index contributed by atoms with van der Waals surface area (Å²) >= 11 is 3.94. The summed E-state index contributed by atoms with van der Waals surface area (Å²) < 4.78 is 6.45. The number of hydrogen-bond acceptors (Lipinski definition) is 7. The summed E-state index contributed by atoms with van der Waals surface area (Å²) in [5.74, 6) is -0.599. The van der Waals surface area contributed by atoms with Crippen LogP contribution in [0, 0.1) is 5.92 Å². The van der Waals surface area contributed by atoms with Crippen molar-refractivity contribution in [1.82, 2.24) is 20.9 Å². The second-order valence-electron chi connectivity index (χ2n) is 12.1. The minimum absolute atomic E-state index is 0.105. The molecule has 0 aliphatic carbocycles. The average Bonchev–Trinajstić information content (AvgIpc) is 3.37. The molecule has 2 aliphatic heterocycles. The number of rotatable bonds is 17. The Labute approximate surface area is 254 Å². The zero-order valence-corrected chi connectivity index (χ0v) is 26.0. The van der Waals surface area contributed by atoms with E-state index in [1.165, 1.54) is 0 Å². The van der Waals surface area contributed by atoms with Gasteiger partial charge in [-0.2, -0.15) is 12.6 Å². The number of fused-ring (bicyclic) bond motifs is 1. The molecule has 4 N–H and O–H groups in total. The molecule has 12 heteroatoms. The highest BCUT2D eigenvalue weighted by Gasteiger charge is 2.54. The number of carbonyl (C=O) groups is 4. The van der Waals surface area contributed by atoms with Crippen LogP contribution in [0.5, 0.6) is 5.75 Å². The van der Waals surface area contributed by atoms with Gasteiger partial charge in [0.25, 0.3) is 0 Å². The molecule has 0 unspecified atom stereocenters. The number of quaternary nitrogens is 1. The van der Waals surface area contributed by atoms with E-state index >= 15 is 0 Å². The van der Waals surface area contributed by atoms with Crippen molar-refractivity contribution in [3.05, 3.63) is 29.8 Å². The fraction of sp³-hybridized carbons (Fsp3) is 0.667. The van der Waals surface area contributed by atoms with E-state index in [9.17, 15) is 24.3 Å². The number of nitrogens with one attached hydrogen (secondary N) is 3. The number of benzene rings is 1. The second kappa shape index (κ2) is 16.1. The maximum absolute atomic E-state index is 13.9. The molecular formula is C30H48N5O6S+. The van der Waals surface area contributed by atoms with E-state index in [-0.39, 0.29) is 49.0 Å². The maximum atomic E-state index is 13.9. The predicted octanol–water partition coefficient (Wildman–Crippen LogP) is 1.02. The SMILES string of the molecule is C[N+](C)(C)CCCC[C@@H]1NC(=O)[C@H]2C[C@@H](C(=O)NCCCCCNC(=O)CS)[C@@H](c3cccc(OCCO)c3)N2C1=O. The fourth-order valence-electron chi connectivity index (χ4n) is 5.68. The Bertz CT molecular complexity index is 1080. The predicted molar refractivity (Wildman–Crippen MR) is 163 cm³/mol. The Balaban J connectivity index is 1.72. The Morgan fingerprint density at radius 1 is 1.10 bits per heavy atom. The van der Waals surface area contributed by atoms with Crippen LogP contribution in [-0.2, 0) is 19.2 Å². The third-order valence-corrected chi connectivity index (χ3v) is 8.04. The van der Waals surface area contributed by atoms with Crippen LogP contribution in [0.4, 0.5) is 0 Å². The monoisotopic (exact) mass is 606 g/mol. The molecular weight excluding hydrogens is 558 g/mol. The third-order valence-electron chi connectivity index (χ3n) is 7.75. The first kappa shape index (κ1) is 33.7. The molecule has 0 aromatic heterocycles. The number of piperazine rings is 1. The largest absolute Gasteiger partial charge is 0.491 e. The number of aliphatic hydroxyl groups is 1. The molecule has 2 saturated heterocycles. The minimum Gasteiger partial charge on any atom is -0.491 e. The van der Waals surface area contributed by atoms with Crippen molar-refractivity contribution >= 4 is 36.3 Å². The molecule has 0 saturated carbocycles. The summed E-state index contributed by atoms with van der Waals surface area (Å²) in [4.78, 5) is 53.6. The molecule has 4 atom stereocenters. The number of carbonyl (C=O) groups excluding carboxylic acids is 4. The first-order valence-corrected chi connectivity index (χ1v) is 15.6. The highest BCUT2D eigenvalue weighted by molar-refractivity contribution is 7.81. The van der Waals surface area contributed by atoms with Crippen molar-refractivity contribution in [3.8, 4) is 5.75 Å². The van der Waals surface area contributed by atoms with Crippen LogP contribution in [-0.4, -0.2) is 110 Å². The van der Waals surface area contributed by atoms with Crippen LogP contribution in [0.3, 0.4) is 0 Å². The van der Waals surface area contributed by atoms with Crippen LogP contribution in [0.2, 0.25) is 0 Å². The average molecular weight is 607 g/mol. The smallest absolute Gasteiger partial charge is 0.246 e. The Morgan fingerprint density at radius 3 is 2.52 bits per heavy atom. The normalized spacial score (nSPS) is 22.0. The highest BCUT2D eigenvalue weighted by atomic mass is 32.1. The summed E-state index contributed by atoms with van der Waals surface area (Å²) in [7, 11) is 6.38. The lowest BCUT2D eigenvalue weighted by Crippen LogP contribution is -2.61. The van der Waals surface area contributed by atoms with Crippen molar-refractivity contribution in [2.75, 3.05) is 59.7 Å². The molecule has 4 amide bonds. The van der Waals surface area contributed by atoms with Gasteiger partial charge in [-0.1, -0.05) is 12.1 Å². The number of aliphatic hydroxyl groups excluding tert-OH is 1. The van der Waals surface area contributed by atoms with Gasteiger partial charge < -0.3 is 35.2 Å². The van der Waals surface area contributed by atoms with Gasteiger partial charge in [-0.15, -0.1) is 0 Å². The maximum Gasteiger partial charge on any atom is 0.246 e. The van der Waals surface area contributed by atoms with Gasteiger partial charge in [0.15, 0.2) is 0 Å². The van der Waals surface area contributed by atoms with Crippen molar-refractivity contribution < 1.29 is 33.5 Å². The number of hydrogen-bond donors (Lipinski definition) is 5. The van der Waals surface area contributed by atoms with E-state index in [1.54, 1.807) is 23.1 Å². The number of thiol groups is 1. The van der Waals surface area contributed by atoms with Gasteiger partial charge in [0, 0.05) is 13.1 Å². The Hall–Kier alpha value is -2.83. The van der Waals surface area contributed by atoms with Crippen molar-refractivity contribution in [2.45, 2.75) is 63.1 Å². The molecule has 2 fully saturated rings. The molecule has 0 spiro atoms. The number of unbranched alkanes of at least 4 members (excludes halogenated alkanes) is 3. The molecule has 0 bridgehead atoms. The standard InChI is InChI=1S/C30H47N5O6S/c1-35(2,3)15-8-5-12-24-30(40)34-25(29(39)33-24)19-23(27(34)21-10-9-11-22(18-21)41-17-16-36)28(38)32-14-7-4-6-13-31-26(37)20-42/h9-11,18,23-25,27,36H,4-8,12-17,19-20H2,1-3H3,(H3-,31,32,33,37,38,39,42)/p+1/t23-,24+,25-,27-/m1/s1. The van der Waals surface area contributed by atoms with Gasteiger partial charge >= 0.3 is 0 Å². The van der Waals surface area contributed by atoms with Crippen LogP contribution >= 0.6 is 12.6 Å². The molecule has 11 nitrogen and oxygen atoms in total. The van der Waals surface area contributed by atoms with Crippen molar-refractivity contribution in [2.24, 2.45) is 5.92 Å². The third kappa shape index (κ3) is 9.60. The lowest BCUT2D eigenvalue weighted by atomic mass is 9.92. The van der Waals surface area contributed by atoms with E-state index in [2.05, 4.69) is 49.7 Å². The van der Waals surface area contributed by atoms with Crippen LogP contribution < -0.4 is 20.7 Å². The van der Waals surface area contributed by atoms with E-state index in [1.807, 2.05) is 6.07 Å². The summed E-state index contributed by atoms with van der Waals surface area (Å²) in [6.45, 7) is 1.98. The quantitative estimate of drug-likeness (QED) is 0.102. The van der Waals surface area contributed by atoms with Gasteiger partial charge in [-0.3, -0.25) is 19.2 Å². The lowest BCUT2D eigenvalue weighted by molar-refractivity contribution is -0.870. The number of nitrogens with zero attached hydrogens (tertiary/aromatic N) is 2. The van der Waals surface area contributed by atoms with Crippen LogP contribution in [0.1, 0.15) is 56.6 Å². The summed E-state index contributed by atoms with van der Waals surface area (Å²) in [5.41, 5.74) is 0.722. The van der Waals surface area contributed by atoms with Crippen LogP contribution in [0.15, 0.2) is 24.3 Å². The molecule has 3 rings (SSSR count). The van der Waals surface area contributed by atoms with Gasteiger partial charge in [0.1, 0.15) is 24.4 Å². The summed E-state index contributed by atoms with van der Waals surface area (Å²) in [5, 5.41) is 17.9. The molecule has 234 valence electrons. The zero-order chi connectivity index (χ0) is 30.7. The summed E-state index contributed by atoms with van der Waals surface area (Å²) in [6.07, 6.45) is 4.89. The second-order valence-corrected chi connectivity index (χ2v) is 12.4. The highest BCUT2D eigenvalue weighted by Crippen LogP contribution is 2.44. The van der Waals surface area contributed by atoms with Gasteiger partial charge in [0.05, 0.1) is 52.0 Å². The van der Waals surface area contributed by atoms with E-state index < -0.39 is 24.0 Å². The van der Waals surface area contributed by atoms with Crippen LogP contribution in [0.25, 0.3) is 0 Å². The van der Waals surface area contributed by atoms with E-state index in [4.69, 9.17) is 4.74 Å². The topological polar surface area (TPSA) is 137 Å². The summed E-state index contributed by atoms with van der Waals surface area (Å²) in [6, 6.07) is 5.25. The first-order valence-electron chi connectivity index (χ1n) is 15.0.